The van der Waals surface area contributed by atoms with Crippen LogP contribution in [0.1, 0.15) is 12.1 Å². The van der Waals surface area contributed by atoms with Crippen LogP contribution in [-0.2, 0) is 0 Å². The fourth-order valence-corrected chi connectivity index (χ4v) is 1.98. The number of aromatic nitrogens is 1. The molecular formula is C12H14ClN3O2. The van der Waals surface area contributed by atoms with Gasteiger partial charge in [0.15, 0.2) is 0 Å². The molecule has 1 aliphatic rings. The van der Waals surface area contributed by atoms with E-state index in [1.165, 1.54) is 6.20 Å². The third-order valence-electron chi connectivity index (χ3n) is 2.84. The molecule has 0 unspecified atom stereocenters. The average molecular weight is 268 g/mol. The molecular weight excluding hydrogens is 254 g/mol. The summed E-state index contributed by atoms with van der Waals surface area (Å²) in [6.45, 7) is 1.85. The maximum atomic E-state index is 10.6. The minimum atomic E-state index is -1.13. The van der Waals surface area contributed by atoms with Crippen LogP contribution in [0.25, 0.3) is 5.57 Å². The Labute approximate surface area is 110 Å². The number of pyridine rings is 1. The van der Waals surface area contributed by atoms with Crippen LogP contribution in [0.5, 0.6) is 0 Å². The molecule has 1 aromatic heterocycles. The van der Waals surface area contributed by atoms with Gasteiger partial charge in [0.1, 0.15) is 0 Å². The van der Waals surface area contributed by atoms with Crippen LogP contribution in [0, 0.1) is 0 Å². The Morgan fingerprint density at radius 2 is 2.39 bits per heavy atom. The maximum Gasteiger partial charge on any atom is 0.409 e. The summed E-state index contributed by atoms with van der Waals surface area (Å²) in [5, 5.41) is 11.3. The number of likely N-dealkylation sites (N-methyl/N-ethyl adjacent to an activating group) is 1. The van der Waals surface area contributed by atoms with E-state index >= 15 is 0 Å². The molecule has 2 rings (SSSR count). The molecule has 0 aliphatic carbocycles. The summed E-state index contributed by atoms with van der Waals surface area (Å²) in [6.07, 6.45) is 3.34. The largest absolute Gasteiger partial charge is 0.465 e. The van der Waals surface area contributed by atoms with Gasteiger partial charge in [-0.05, 0) is 25.1 Å². The highest BCUT2D eigenvalue weighted by atomic mass is 35.5. The predicted molar refractivity (Wildman–Crippen MR) is 71.0 cm³/mol. The van der Waals surface area contributed by atoms with Gasteiger partial charge in [-0.2, -0.15) is 0 Å². The number of nitrogens with zero attached hydrogens (tertiary/aromatic N) is 2. The van der Waals surface area contributed by atoms with Gasteiger partial charge in [-0.1, -0.05) is 17.7 Å². The van der Waals surface area contributed by atoms with E-state index in [1.807, 2.05) is 0 Å². The first-order chi connectivity index (χ1) is 8.56. The number of rotatable bonds is 2. The van der Waals surface area contributed by atoms with Crippen molar-refractivity contribution in [2.75, 3.05) is 25.5 Å². The minimum absolute atomic E-state index is 0.301. The molecule has 0 spiro atoms. The number of carboxylic acid groups (broad SMARTS) is 1. The molecule has 0 aromatic carbocycles. The summed E-state index contributed by atoms with van der Waals surface area (Å²) in [5.41, 5.74) is 2.27. The molecule has 1 aromatic rings. The maximum absolute atomic E-state index is 10.6. The number of carbonyl (C=O) groups is 1. The Morgan fingerprint density at radius 1 is 1.61 bits per heavy atom. The number of hydrogen-bond donors (Lipinski definition) is 2. The molecule has 1 aliphatic heterocycles. The molecule has 6 heteroatoms. The quantitative estimate of drug-likeness (QED) is 0.864. The molecule has 5 nitrogen and oxygen atoms in total. The minimum Gasteiger partial charge on any atom is -0.465 e. The van der Waals surface area contributed by atoms with Crippen molar-refractivity contribution in [3.63, 3.8) is 0 Å². The van der Waals surface area contributed by atoms with Crippen LogP contribution < -0.4 is 5.32 Å². The van der Waals surface area contributed by atoms with E-state index in [4.69, 9.17) is 16.7 Å². The topological polar surface area (TPSA) is 65.5 Å². The summed E-state index contributed by atoms with van der Waals surface area (Å²) >= 11 is 5.89. The van der Waals surface area contributed by atoms with Crippen molar-refractivity contribution in [1.29, 1.82) is 0 Å². The zero-order valence-electron chi connectivity index (χ0n) is 9.98. The highest BCUT2D eigenvalue weighted by Crippen LogP contribution is 2.27. The first-order valence-electron chi connectivity index (χ1n) is 5.59. The molecule has 0 atom stereocenters. The molecule has 1 amide bonds. The van der Waals surface area contributed by atoms with Gasteiger partial charge in [0.2, 0.25) is 0 Å². The zero-order valence-corrected chi connectivity index (χ0v) is 10.7. The number of amides is 1. The van der Waals surface area contributed by atoms with Crippen LogP contribution in [0.15, 0.2) is 18.3 Å². The summed E-state index contributed by atoms with van der Waals surface area (Å²) < 4.78 is 0. The van der Waals surface area contributed by atoms with Crippen LogP contribution >= 0.6 is 11.6 Å². The number of anilines is 1. The predicted octanol–water partition coefficient (Wildman–Crippen LogP) is 2.54. The lowest BCUT2D eigenvalue weighted by Gasteiger charge is -2.21. The Kier molecular flexibility index (Phi) is 3.84. The van der Waals surface area contributed by atoms with Crippen molar-refractivity contribution < 1.29 is 9.90 Å². The van der Waals surface area contributed by atoms with E-state index in [1.54, 1.807) is 6.07 Å². The SMILES string of the molecule is CN1CC=C(c2cc(NC(=O)O)c(Cl)cn2)CC1. The summed E-state index contributed by atoms with van der Waals surface area (Å²) in [4.78, 5) is 17.1. The van der Waals surface area contributed by atoms with Gasteiger partial charge in [-0.15, -0.1) is 0 Å². The fraction of sp³-hybridized carbons (Fsp3) is 0.333. The van der Waals surface area contributed by atoms with Gasteiger partial charge in [-0.25, -0.2) is 4.79 Å². The van der Waals surface area contributed by atoms with Crippen molar-refractivity contribution in [2.45, 2.75) is 6.42 Å². The molecule has 0 radical (unpaired) electrons. The Bertz CT molecular complexity index is 502. The Balaban J connectivity index is 2.26. The van der Waals surface area contributed by atoms with E-state index in [0.717, 1.165) is 30.8 Å². The van der Waals surface area contributed by atoms with Crippen molar-refractivity contribution in [1.82, 2.24) is 9.88 Å². The summed E-state index contributed by atoms with van der Waals surface area (Å²) in [5.74, 6) is 0. The lowest BCUT2D eigenvalue weighted by Crippen LogP contribution is -2.23. The van der Waals surface area contributed by atoms with Crippen molar-refractivity contribution >= 4 is 29.0 Å². The lowest BCUT2D eigenvalue weighted by atomic mass is 10.0. The fourth-order valence-electron chi connectivity index (χ4n) is 1.83. The van der Waals surface area contributed by atoms with Crippen LogP contribution in [0.4, 0.5) is 10.5 Å². The molecule has 18 heavy (non-hydrogen) atoms. The standard InChI is InChI=1S/C12H14ClN3O2/c1-16-4-2-8(3-5-16)10-6-11(15-12(17)18)9(13)7-14-10/h2,6-7H,3-5H2,1H3,(H,14,15)(H,17,18). The molecule has 0 fully saturated rings. The molecule has 0 bridgehead atoms. The Hall–Kier alpha value is -1.59. The van der Waals surface area contributed by atoms with E-state index in [0.29, 0.717) is 10.7 Å². The van der Waals surface area contributed by atoms with Gasteiger partial charge in [0, 0.05) is 19.3 Å². The highest BCUT2D eigenvalue weighted by Gasteiger charge is 2.13. The molecule has 2 heterocycles. The number of nitrogens with one attached hydrogen (secondary N) is 1. The highest BCUT2D eigenvalue weighted by molar-refractivity contribution is 6.33. The van der Waals surface area contributed by atoms with Gasteiger partial charge >= 0.3 is 6.09 Å². The molecule has 96 valence electrons. The van der Waals surface area contributed by atoms with E-state index < -0.39 is 6.09 Å². The second-order valence-electron chi connectivity index (χ2n) is 4.22. The number of halogens is 1. The second-order valence-corrected chi connectivity index (χ2v) is 4.63. The second kappa shape index (κ2) is 5.37. The Morgan fingerprint density at radius 3 is 3.00 bits per heavy atom. The summed E-state index contributed by atoms with van der Waals surface area (Å²) in [7, 11) is 2.06. The van der Waals surface area contributed by atoms with Crippen molar-refractivity contribution in [3.05, 3.63) is 29.1 Å². The normalized spacial score (nSPS) is 16.2. The molecule has 0 saturated heterocycles. The van der Waals surface area contributed by atoms with E-state index in [9.17, 15) is 4.79 Å². The molecule has 2 N–H and O–H groups in total. The molecule has 0 saturated carbocycles. The van der Waals surface area contributed by atoms with Crippen molar-refractivity contribution in [2.24, 2.45) is 0 Å². The van der Waals surface area contributed by atoms with Gasteiger partial charge in [-0.3, -0.25) is 10.3 Å². The average Bonchev–Trinajstić information content (AvgIpc) is 2.32. The van der Waals surface area contributed by atoms with E-state index in [2.05, 4.69) is 28.3 Å². The first-order valence-corrected chi connectivity index (χ1v) is 5.97. The van der Waals surface area contributed by atoms with E-state index in [-0.39, 0.29) is 0 Å². The van der Waals surface area contributed by atoms with Crippen LogP contribution in [0.2, 0.25) is 5.02 Å². The van der Waals surface area contributed by atoms with Crippen LogP contribution in [0.3, 0.4) is 0 Å². The van der Waals surface area contributed by atoms with Crippen molar-refractivity contribution in [3.8, 4) is 0 Å². The van der Waals surface area contributed by atoms with Gasteiger partial charge in [0.25, 0.3) is 0 Å². The van der Waals surface area contributed by atoms with Gasteiger partial charge in [0.05, 0.1) is 16.4 Å². The third-order valence-corrected chi connectivity index (χ3v) is 3.14. The monoisotopic (exact) mass is 267 g/mol. The number of hydrogen-bond acceptors (Lipinski definition) is 3. The zero-order chi connectivity index (χ0) is 13.1. The smallest absolute Gasteiger partial charge is 0.409 e. The third kappa shape index (κ3) is 3.00. The first kappa shape index (κ1) is 12.9. The van der Waals surface area contributed by atoms with Gasteiger partial charge < -0.3 is 10.0 Å². The summed E-state index contributed by atoms with van der Waals surface area (Å²) in [6, 6.07) is 1.67. The lowest BCUT2D eigenvalue weighted by molar-refractivity contribution is 0.210. The van der Waals surface area contributed by atoms with Crippen LogP contribution in [-0.4, -0.2) is 41.2 Å².